The molecule has 1 aliphatic carbocycles. The highest BCUT2D eigenvalue weighted by Crippen LogP contribution is 2.17. The third-order valence-electron chi connectivity index (χ3n) is 3.45. The van der Waals surface area contributed by atoms with Crippen LogP contribution in [0.2, 0.25) is 0 Å². The van der Waals surface area contributed by atoms with E-state index in [1.54, 1.807) is 0 Å². The van der Waals surface area contributed by atoms with Crippen LogP contribution in [0.4, 0.5) is 4.79 Å². The van der Waals surface area contributed by atoms with E-state index in [1.807, 2.05) is 5.01 Å². The van der Waals surface area contributed by atoms with Crippen LogP contribution in [-0.2, 0) is 0 Å². The molecule has 0 radical (unpaired) electrons. The average Bonchev–Trinajstić information content (AvgIpc) is 2.74. The van der Waals surface area contributed by atoms with Crippen LogP contribution in [0.3, 0.4) is 0 Å². The maximum Gasteiger partial charge on any atom is 0.329 e. The summed E-state index contributed by atoms with van der Waals surface area (Å²) in [6.45, 7) is 3.86. The molecule has 2 amide bonds. The van der Waals surface area contributed by atoms with Crippen LogP contribution < -0.4 is 10.7 Å². The molecular formula is C11H22N4O. The predicted molar refractivity (Wildman–Crippen MR) is 63.0 cm³/mol. The summed E-state index contributed by atoms with van der Waals surface area (Å²) in [6, 6.07) is 0.365. The van der Waals surface area contributed by atoms with Crippen LogP contribution in [0.15, 0.2) is 0 Å². The van der Waals surface area contributed by atoms with Gasteiger partial charge in [-0.25, -0.2) is 9.80 Å². The molecule has 2 rings (SSSR count). The fraction of sp³-hybridized carbons (Fsp3) is 0.909. The fourth-order valence-electron chi connectivity index (χ4n) is 2.35. The second-order valence-electron chi connectivity index (χ2n) is 4.86. The number of hydrogen-bond donors (Lipinski definition) is 2. The Labute approximate surface area is 97.1 Å². The van der Waals surface area contributed by atoms with Gasteiger partial charge in [0.2, 0.25) is 0 Å². The van der Waals surface area contributed by atoms with Gasteiger partial charge in [0.15, 0.2) is 0 Å². The van der Waals surface area contributed by atoms with Crippen LogP contribution in [0, 0.1) is 0 Å². The lowest BCUT2D eigenvalue weighted by Gasteiger charge is -2.32. The Morgan fingerprint density at radius 3 is 2.38 bits per heavy atom. The summed E-state index contributed by atoms with van der Waals surface area (Å²) in [5, 5.41) is 5.04. The third-order valence-corrected chi connectivity index (χ3v) is 3.45. The summed E-state index contributed by atoms with van der Waals surface area (Å²) in [6.07, 6.45) is 4.77. The van der Waals surface area contributed by atoms with Crippen molar-refractivity contribution in [3.8, 4) is 0 Å². The van der Waals surface area contributed by atoms with Crippen molar-refractivity contribution in [2.45, 2.75) is 31.7 Å². The van der Waals surface area contributed by atoms with Crippen molar-refractivity contribution in [2.75, 3.05) is 33.2 Å². The lowest BCUT2D eigenvalue weighted by Crippen LogP contribution is -2.55. The lowest BCUT2D eigenvalue weighted by molar-refractivity contribution is 0.111. The molecule has 5 heteroatoms. The highest BCUT2D eigenvalue weighted by molar-refractivity contribution is 5.73. The van der Waals surface area contributed by atoms with E-state index in [0.29, 0.717) is 6.04 Å². The minimum absolute atomic E-state index is 0.0311. The second-order valence-corrected chi connectivity index (χ2v) is 4.86. The topological polar surface area (TPSA) is 47.6 Å². The summed E-state index contributed by atoms with van der Waals surface area (Å²) >= 11 is 0. The first kappa shape index (κ1) is 11.7. The van der Waals surface area contributed by atoms with Gasteiger partial charge < -0.3 is 10.2 Å². The summed E-state index contributed by atoms with van der Waals surface area (Å²) in [5.74, 6) is 0. The van der Waals surface area contributed by atoms with Crippen LogP contribution in [0.5, 0.6) is 0 Å². The molecule has 16 heavy (non-hydrogen) atoms. The molecule has 2 aliphatic rings. The summed E-state index contributed by atoms with van der Waals surface area (Å²) < 4.78 is 0. The number of nitrogens with zero attached hydrogens (tertiary/aromatic N) is 2. The van der Waals surface area contributed by atoms with Gasteiger partial charge in [0.25, 0.3) is 0 Å². The Balaban J connectivity index is 1.66. The largest absolute Gasteiger partial charge is 0.334 e. The van der Waals surface area contributed by atoms with E-state index in [9.17, 15) is 4.79 Å². The highest BCUT2D eigenvalue weighted by Gasteiger charge is 2.19. The minimum Gasteiger partial charge on any atom is -0.334 e. The molecule has 1 aliphatic heterocycles. The first-order valence-electron chi connectivity index (χ1n) is 6.25. The Kier molecular flexibility index (Phi) is 4.01. The number of piperazine rings is 1. The number of urea groups is 1. The number of amides is 2. The number of carbonyl (C=O) groups excluding carboxylic acids is 1. The van der Waals surface area contributed by atoms with E-state index in [2.05, 4.69) is 22.7 Å². The molecule has 0 aromatic heterocycles. The Morgan fingerprint density at radius 1 is 1.12 bits per heavy atom. The Morgan fingerprint density at radius 2 is 1.75 bits per heavy atom. The quantitative estimate of drug-likeness (QED) is 0.716. The lowest BCUT2D eigenvalue weighted by atomic mass is 10.3. The molecule has 1 saturated heterocycles. The van der Waals surface area contributed by atoms with E-state index in [0.717, 1.165) is 39.0 Å². The van der Waals surface area contributed by atoms with Crippen molar-refractivity contribution < 1.29 is 4.79 Å². The van der Waals surface area contributed by atoms with Crippen molar-refractivity contribution in [2.24, 2.45) is 0 Å². The van der Waals surface area contributed by atoms with Crippen molar-refractivity contribution in [3.63, 3.8) is 0 Å². The van der Waals surface area contributed by atoms with Gasteiger partial charge in [-0.15, -0.1) is 0 Å². The summed E-state index contributed by atoms with van der Waals surface area (Å²) in [4.78, 5) is 13.9. The zero-order valence-electron chi connectivity index (χ0n) is 10.0. The first-order chi connectivity index (χ1) is 7.74. The zero-order chi connectivity index (χ0) is 11.4. The normalized spacial score (nSPS) is 24.6. The fourth-order valence-corrected chi connectivity index (χ4v) is 2.35. The molecule has 1 saturated carbocycles. The average molecular weight is 226 g/mol. The van der Waals surface area contributed by atoms with E-state index in [-0.39, 0.29) is 6.03 Å². The van der Waals surface area contributed by atoms with Gasteiger partial charge in [0.1, 0.15) is 0 Å². The molecule has 0 unspecified atom stereocenters. The molecule has 1 heterocycles. The molecular weight excluding hydrogens is 204 g/mol. The van der Waals surface area contributed by atoms with Crippen molar-refractivity contribution in [3.05, 3.63) is 0 Å². The Bertz CT molecular complexity index is 232. The van der Waals surface area contributed by atoms with Gasteiger partial charge in [-0.3, -0.25) is 5.43 Å². The van der Waals surface area contributed by atoms with Gasteiger partial charge in [-0.05, 0) is 19.9 Å². The molecule has 2 N–H and O–H groups in total. The van der Waals surface area contributed by atoms with Crippen molar-refractivity contribution in [1.82, 2.24) is 20.7 Å². The number of nitrogens with one attached hydrogen (secondary N) is 2. The predicted octanol–water partition coefficient (Wildman–Crippen LogP) is 0.391. The molecule has 0 atom stereocenters. The number of carbonyl (C=O) groups is 1. The molecule has 5 nitrogen and oxygen atoms in total. The molecule has 0 spiro atoms. The summed E-state index contributed by atoms with van der Waals surface area (Å²) in [5.41, 5.74) is 2.92. The van der Waals surface area contributed by atoms with Gasteiger partial charge in [0, 0.05) is 32.2 Å². The van der Waals surface area contributed by atoms with Crippen LogP contribution in [-0.4, -0.2) is 55.2 Å². The van der Waals surface area contributed by atoms with E-state index in [1.165, 1.54) is 12.8 Å². The smallest absolute Gasteiger partial charge is 0.329 e. The maximum absolute atomic E-state index is 11.7. The number of hydrogen-bond acceptors (Lipinski definition) is 3. The molecule has 0 aromatic rings. The maximum atomic E-state index is 11.7. The monoisotopic (exact) mass is 226 g/mol. The number of likely N-dealkylation sites (N-methyl/N-ethyl adjacent to an activating group) is 1. The van der Waals surface area contributed by atoms with Gasteiger partial charge >= 0.3 is 6.03 Å². The van der Waals surface area contributed by atoms with Crippen LogP contribution in [0.1, 0.15) is 25.7 Å². The summed E-state index contributed by atoms with van der Waals surface area (Å²) in [7, 11) is 2.11. The molecule has 0 aromatic carbocycles. The Hall–Kier alpha value is -0.810. The SMILES string of the molecule is CN1CCN(NC(=O)NC2CCCC2)CC1. The highest BCUT2D eigenvalue weighted by atomic mass is 16.2. The van der Waals surface area contributed by atoms with E-state index >= 15 is 0 Å². The zero-order valence-corrected chi connectivity index (χ0v) is 10.0. The van der Waals surface area contributed by atoms with Gasteiger partial charge in [0.05, 0.1) is 0 Å². The van der Waals surface area contributed by atoms with Crippen molar-refractivity contribution in [1.29, 1.82) is 0 Å². The van der Waals surface area contributed by atoms with Crippen LogP contribution in [0.25, 0.3) is 0 Å². The second kappa shape index (κ2) is 5.50. The van der Waals surface area contributed by atoms with E-state index < -0.39 is 0 Å². The number of hydrazine groups is 1. The molecule has 0 bridgehead atoms. The third kappa shape index (κ3) is 3.35. The van der Waals surface area contributed by atoms with Crippen molar-refractivity contribution >= 4 is 6.03 Å². The first-order valence-corrected chi connectivity index (χ1v) is 6.25. The standard InChI is InChI=1S/C11H22N4O/c1-14-6-8-15(9-7-14)13-11(16)12-10-4-2-3-5-10/h10H,2-9H2,1H3,(H2,12,13,16). The molecule has 92 valence electrons. The van der Waals surface area contributed by atoms with Gasteiger partial charge in [-0.1, -0.05) is 12.8 Å². The minimum atomic E-state index is -0.0311. The van der Waals surface area contributed by atoms with Crippen LogP contribution >= 0.6 is 0 Å². The number of rotatable bonds is 2. The molecule has 2 fully saturated rings. The van der Waals surface area contributed by atoms with E-state index in [4.69, 9.17) is 0 Å². The van der Waals surface area contributed by atoms with Gasteiger partial charge in [-0.2, -0.15) is 0 Å².